The van der Waals surface area contributed by atoms with Crippen LogP contribution in [-0.2, 0) is 11.3 Å². The van der Waals surface area contributed by atoms with Crippen LogP contribution in [0.15, 0.2) is 12.4 Å². The number of nitrogen functional groups attached to an aromatic ring is 1. The summed E-state index contributed by atoms with van der Waals surface area (Å²) >= 11 is 0. The number of aryl methyl sites for hydroxylation is 1. The molecule has 0 radical (unpaired) electrons. The molecule has 0 spiro atoms. The predicted octanol–water partition coefficient (Wildman–Crippen LogP) is 0.501. The fourth-order valence-electron chi connectivity index (χ4n) is 1.13. The van der Waals surface area contributed by atoms with Crippen LogP contribution in [0.2, 0.25) is 0 Å². The molecule has 1 aromatic rings. The zero-order valence-corrected chi connectivity index (χ0v) is 10.2. The number of carbonyl (C=O) groups is 1. The van der Waals surface area contributed by atoms with Gasteiger partial charge in [-0.3, -0.25) is 4.79 Å². The molecule has 0 aromatic carbocycles. The van der Waals surface area contributed by atoms with Gasteiger partial charge in [0, 0.05) is 18.9 Å². The molecule has 1 atom stereocenters. The number of hydrogen-bond donors (Lipinski definition) is 3. The monoisotopic (exact) mass is 270 g/mol. The van der Waals surface area contributed by atoms with Crippen LogP contribution in [0.1, 0.15) is 12.8 Å². The molecule has 0 bridgehead atoms. The van der Waals surface area contributed by atoms with E-state index < -0.39 is 12.0 Å². The first kappa shape index (κ1) is 17.4. The van der Waals surface area contributed by atoms with Gasteiger partial charge in [0.25, 0.3) is 0 Å². The van der Waals surface area contributed by atoms with Gasteiger partial charge in [0.15, 0.2) is 5.95 Å². The van der Waals surface area contributed by atoms with Gasteiger partial charge < -0.3 is 21.1 Å². The molecular weight excluding hydrogens is 255 g/mol. The van der Waals surface area contributed by atoms with Crippen molar-refractivity contribution in [3.63, 3.8) is 0 Å². The third-order valence-corrected chi connectivity index (χ3v) is 1.98. The van der Waals surface area contributed by atoms with E-state index in [9.17, 15) is 4.79 Å². The average Bonchev–Trinajstić information content (AvgIpc) is 2.51. The summed E-state index contributed by atoms with van der Waals surface area (Å²) in [6, 6.07) is -0.792. The van der Waals surface area contributed by atoms with Gasteiger partial charge >= 0.3 is 5.97 Å². The molecule has 0 saturated carbocycles. The summed E-state index contributed by atoms with van der Waals surface area (Å²) in [7, 11) is 0. The standard InChI is InChI=1S/C8H14N4O2.2ClH/c9-6(7(13)14)2-1-4-12-5-3-11-8(12)10;;/h3,5-6H,1-2,4,9H2,(H2,10,11)(H,13,14);2*1H. The molecule has 16 heavy (non-hydrogen) atoms. The van der Waals surface area contributed by atoms with Gasteiger partial charge in [-0.25, -0.2) is 4.98 Å². The summed E-state index contributed by atoms with van der Waals surface area (Å²) in [6.45, 7) is 0.646. The molecular formula is C8H16Cl2N4O2. The third-order valence-electron chi connectivity index (χ3n) is 1.98. The largest absolute Gasteiger partial charge is 0.480 e. The second-order valence-electron chi connectivity index (χ2n) is 3.07. The van der Waals surface area contributed by atoms with Crippen molar-refractivity contribution in [3.05, 3.63) is 12.4 Å². The normalized spacial score (nSPS) is 11.1. The van der Waals surface area contributed by atoms with Crippen LogP contribution in [0.25, 0.3) is 0 Å². The molecule has 0 aliphatic rings. The summed E-state index contributed by atoms with van der Waals surface area (Å²) in [4.78, 5) is 14.2. The summed E-state index contributed by atoms with van der Waals surface area (Å²) in [5, 5.41) is 8.52. The third kappa shape index (κ3) is 5.20. The van der Waals surface area contributed by atoms with Crippen LogP contribution in [0.5, 0.6) is 0 Å². The van der Waals surface area contributed by atoms with E-state index in [4.69, 9.17) is 16.6 Å². The van der Waals surface area contributed by atoms with Crippen LogP contribution < -0.4 is 11.5 Å². The quantitative estimate of drug-likeness (QED) is 0.722. The van der Waals surface area contributed by atoms with E-state index in [1.807, 2.05) is 0 Å². The van der Waals surface area contributed by atoms with Gasteiger partial charge in [-0.05, 0) is 12.8 Å². The number of carboxylic acid groups (broad SMARTS) is 1. The van der Waals surface area contributed by atoms with E-state index in [0.29, 0.717) is 25.3 Å². The maximum absolute atomic E-state index is 10.4. The van der Waals surface area contributed by atoms with Crippen LogP contribution in [0.4, 0.5) is 5.95 Å². The number of carboxylic acids is 1. The van der Waals surface area contributed by atoms with Crippen molar-refractivity contribution >= 4 is 36.7 Å². The molecule has 5 N–H and O–H groups in total. The maximum Gasteiger partial charge on any atom is 0.320 e. The van der Waals surface area contributed by atoms with Gasteiger partial charge in [0.05, 0.1) is 0 Å². The Balaban J connectivity index is 0. The van der Waals surface area contributed by atoms with Crippen molar-refractivity contribution in [2.75, 3.05) is 5.73 Å². The predicted molar refractivity (Wildman–Crippen MR) is 66.0 cm³/mol. The highest BCUT2D eigenvalue weighted by Gasteiger charge is 2.10. The zero-order valence-electron chi connectivity index (χ0n) is 8.57. The molecule has 94 valence electrons. The second-order valence-corrected chi connectivity index (χ2v) is 3.07. The van der Waals surface area contributed by atoms with E-state index >= 15 is 0 Å². The molecule has 0 aliphatic heterocycles. The fourth-order valence-corrected chi connectivity index (χ4v) is 1.13. The number of aliphatic carboxylic acids is 1. The minimum absolute atomic E-state index is 0. The molecule has 0 aliphatic carbocycles. The van der Waals surface area contributed by atoms with Crippen molar-refractivity contribution in [2.45, 2.75) is 25.4 Å². The Morgan fingerprint density at radius 1 is 1.56 bits per heavy atom. The number of anilines is 1. The van der Waals surface area contributed by atoms with Gasteiger partial charge in [-0.2, -0.15) is 0 Å². The molecule has 0 amide bonds. The lowest BCUT2D eigenvalue weighted by Gasteiger charge is -2.07. The summed E-state index contributed by atoms with van der Waals surface area (Å²) in [6.07, 6.45) is 4.47. The number of hydrogen-bond acceptors (Lipinski definition) is 4. The molecule has 1 unspecified atom stereocenters. The minimum Gasteiger partial charge on any atom is -0.480 e. The zero-order chi connectivity index (χ0) is 10.6. The highest BCUT2D eigenvalue weighted by Crippen LogP contribution is 2.03. The molecule has 8 heteroatoms. The first-order valence-corrected chi connectivity index (χ1v) is 4.36. The van der Waals surface area contributed by atoms with E-state index in [1.54, 1.807) is 17.0 Å². The molecule has 1 heterocycles. The Morgan fingerprint density at radius 3 is 2.62 bits per heavy atom. The van der Waals surface area contributed by atoms with Crippen molar-refractivity contribution < 1.29 is 9.90 Å². The minimum atomic E-state index is -0.969. The Morgan fingerprint density at radius 2 is 2.19 bits per heavy atom. The van der Waals surface area contributed by atoms with E-state index in [0.717, 1.165) is 0 Å². The van der Waals surface area contributed by atoms with Crippen LogP contribution in [-0.4, -0.2) is 26.7 Å². The number of aromatic nitrogens is 2. The lowest BCUT2D eigenvalue weighted by molar-refractivity contribution is -0.138. The highest BCUT2D eigenvalue weighted by molar-refractivity contribution is 5.85. The SMILES string of the molecule is Cl.Cl.Nc1nccn1CCCC(N)C(=O)O. The highest BCUT2D eigenvalue weighted by atomic mass is 35.5. The first-order chi connectivity index (χ1) is 6.61. The lowest BCUT2D eigenvalue weighted by Crippen LogP contribution is -2.30. The van der Waals surface area contributed by atoms with E-state index in [1.165, 1.54) is 0 Å². The summed E-state index contributed by atoms with van der Waals surface area (Å²) in [5.41, 5.74) is 10.9. The van der Waals surface area contributed by atoms with Crippen molar-refractivity contribution in [1.29, 1.82) is 0 Å². The Bertz CT molecular complexity index is 319. The number of imidazole rings is 1. The van der Waals surface area contributed by atoms with Gasteiger partial charge in [-0.1, -0.05) is 0 Å². The van der Waals surface area contributed by atoms with E-state index in [2.05, 4.69) is 4.98 Å². The van der Waals surface area contributed by atoms with Crippen LogP contribution in [0, 0.1) is 0 Å². The number of halogens is 2. The topological polar surface area (TPSA) is 107 Å². The van der Waals surface area contributed by atoms with E-state index in [-0.39, 0.29) is 24.8 Å². The van der Waals surface area contributed by atoms with Gasteiger partial charge in [-0.15, -0.1) is 24.8 Å². The molecule has 6 nitrogen and oxygen atoms in total. The number of nitrogens with two attached hydrogens (primary N) is 2. The Labute approximate surface area is 106 Å². The molecule has 0 saturated heterocycles. The molecule has 1 rings (SSSR count). The Hall–Kier alpha value is -0.980. The van der Waals surface area contributed by atoms with Gasteiger partial charge in [0.2, 0.25) is 0 Å². The number of rotatable bonds is 5. The van der Waals surface area contributed by atoms with Crippen molar-refractivity contribution in [2.24, 2.45) is 5.73 Å². The Kier molecular flexibility index (Phi) is 8.93. The molecule has 0 fully saturated rings. The van der Waals surface area contributed by atoms with Crippen molar-refractivity contribution in [1.82, 2.24) is 9.55 Å². The van der Waals surface area contributed by atoms with Crippen LogP contribution in [0.3, 0.4) is 0 Å². The first-order valence-electron chi connectivity index (χ1n) is 4.36. The summed E-state index contributed by atoms with van der Waals surface area (Å²) < 4.78 is 1.76. The maximum atomic E-state index is 10.4. The van der Waals surface area contributed by atoms with Gasteiger partial charge in [0.1, 0.15) is 6.04 Å². The second kappa shape index (κ2) is 8.20. The number of nitrogens with zero attached hydrogens (tertiary/aromatic N) is 2. The van der Waals surface area contributed by atoms with Crippen molar-refractivity contribution in [3.8, 4) is 0 Å². The smallest absolute Gasteiger partial charge is 0.320 e. The summed E-state index contributed by atoms with van der Waals surface area (Å²) in [5.74, 6) is -0.530. The molecule has 1 aromatic heterocycles. The fraction of sp³-hybridized carbons (Fsp3) is 0.500. The average molecular weight is 271 g/mol. The lowest BCUT2D eigenvalue weighted by atomic mass is 10.2. The van der Waals surface area contributed by atoms with Crippen LogP contribution >= 0.6 is 24.8 Å².